The summed E-state index contributed by atoms with van der Waals surface area (Å²) in [7, 11) is 5.40. The van der Waals surface area contributed by atoms with Gasteiger partial charge in [-0.05, 0) is 96.4 Å². The van der Waals surface area contributed by atoms with Gasteiger partial charge in [-0.25, -0.2) is 0 Å². The van der Waals surface area contributed by atoms with Crippen molar-refractivity contribution in [2.75, 3.05) is 65.9 Å². The highest BCUT2D eigenvalue weighted by Crippen LogP contribution is 2.30. The molecule has 0 spiro atoms. The van der Waals surface area contributed by atoms with Crippen molar-refractivity contribution in [3.05, 3.63) is 174 Å². The van der Waals surface area contributed by atoms with E-state index in [4.69, 9.17) is 5.73 Å². The standard InChI is InChI=1S/C91H118N16O18S/c1-10-11-33-71-87(121)102(6)51-76(110)95-67(48-78(112)113)84(118)101-79(55(4)5)91(125)105(9)74(46-58-29-19-14-20-30-58)90(124)107-41-24-35-72(107)89(123)106-40-23-34-70(106)85(119)99-66(47-60-49-93-63-32-22-21-31-62(60)63)83(117)98-65(43-59-36-38-61(108)39-37-59)82(116)97-64(42-54(2)3)81(115)100-69(80(114)94-50-75(92)109)52-126-53-77(111)96-68(44-56-25-15-12-16-26-56)86(120)104(8)73(88(122)103(71)7)45-57-27-17-13-18-28-57/h12-22,25-32,36-39,49,54-55,64-74,79,93,108H,10-11,23-24,33-35,40-48,50-53H2,1-9H3,(H2,92,109)(H,94,114)(H,95,110)(H,96,111)(H,97,116)(H,98,117)(H,99,119)(H,100,115)(H,101,118)(H,112,113)/t64-,65-,66-,67?,68-,69-,70+,71-,72-,73-,74-,79-/m0/s1. The Balaban J connectivity index is 1.10. The second-order valence-corrected chi connectivity index (χ2v) is 34.3. The number of para-hydroxylation sites is 1. The van der Waals surface area contributed by atoms with Gasteiger partial charge in [-0.15, -0.1) is 11.8 Å². The number of carbonyl (C=O) groups excluding carboxylic acids is 15. The van der Waals surface area contributed by atoms with E-state index in [1.165, 1.54) is 72.1 Å². The molecule has 15 amide bonds. The summed E-state index contributed by atoms with van der Waals surface area (Å²) in [5, 5.41) is 42.9. The monoisotopic (exact) mass is 1750 g/mol. The summed E-state index contributed by atoms with van der Waals surface area (Å²) in [4.78, 5) is 246. The zero-order valence-corrected chi connectivity index (χ0v) is 73.5. The number of benzene rings is 5. The topological polar surface area (TPSA) is 471 Å². The summed E-state index contributed by atoms with van der Waals surface area (Å²) in [5.41, 5.74) is 8.95. The molecule has 126 heavy (non-hydrogen) atoms. The van der Waals surface area contributed by atoms with Crippen molar-refractivity contribution in [3.8, 4) is 5.75 Å². The normalized spacial score (nSPS) is 23.7. The van der Waals surface area contributed by atoms with Crippen LogP contribution in [0.5, 0.6) is 5.75 Å². The van der Waals surface area contributed by atoms with Crippen LogP contribution in [-0.2, 0) is 109 Å². The molecule has 3 fully saturated rings. The number of phenolic OH excluding ortho intramolecular Hbond substituents is 1. The number of thioether (sulfide) groups is 1. The molecule has 4 heterocycles. The fourth-order valence-corrected chi connectivity index (χ4v) is 16.9. The quantitative estimate of drug-likeness (QED) is 0.0492. The number of amides is 15. The third-order valence-electron chi connectivity index (χ3n) is 22.9. The molecule has 35 heteroatoms. The minimum Gasteiger partial charge on any atom is -0.508 e. The van der Waals surface area contributed by atoms with E-state index in [1.807, 2.05) is 19.1 Å². The van der Waals surface area contributed by atoms with Crippen LogP contribution in [0.2, 0.25) is 0 Å². The summed E-state index contributed by atoms with van der Waals surface area (Å²) in [6.45, 7) is 7.24. The first kappa shape index (κ1) is 97.1. The first-order valence-corrected chi connectivity index (χ1v) is 43.8. The molecule has 9 rings (SSSR count). The van der Waals surface area contributed by atoms with Gasteiger partial charge in [0.25, 0.3) is 0 Å². The number of aromatic nitrogens is 1. The molecule has 5 aromatic carbocycles. The fourth-order valence-electron chi connectivity index (χ4n) is 16.0. The number of rotatable bonds is 21. The van der Waals surface area contributed by atoms with E-state index < -0.39 is 198 Å². The Morgan fingerprint density at radius 2 is 1.01 bits per heavy atom. The second-order valence-electron chi connectivity index (χ2n) is 33.3. The third kappa shape index (κ3) is 26.9. The van der Waals surface area contributed by atoms with Gasteiger partial charge in [0.15, 0.2) is 0 Å². The number of nitrogens with zero attached hydrogens (tertiary/aromatic N) is 6. The van der Waals surface area contributed by atoms with Crippen LogP contribution >= 0.6 is 11.8 Å². The predicted octanol–water partition coefficient (Wildman–Crippen LogP) is 2.42. The molecule has 0 radical (unpaired) electrons. The number of nitrogens with one attached hydrogen (secondary N) is 9. The highest BCUT2D eigenvalue weighted by atomic mass is 32.2. The van der Waals surface area contributed by atoms with Crippen LogP contribution in [-0.4, -0.2) is 278 Å². The predicted molar refractivity (Wildman–Crippen MR) is 470 cm³/mol. The maximum Gasteiger partial charge on any atom is 0.305 e. The molecular formula is C91H118N16O18S. The van der Waals surface area contributed by atoms with Crippen molar-refractivity contribution in [2.45, 2.75) is 197 Å². The van der Waals surface area contributed by atoms with Crippen LogP contribution in [0.3, 0.4) is 0 Å². The number of carboxylic acid groups (broad SMARTS) is 1. The number of aromatic amines is 1. The number of H-pyrrole nitrogens is 1. The number of likely N-dealkylation sites (N-methyl/N-ethyl adjacent to an activating group) is 4. The van der Waals surface area contributed by atoms with E-state index in [1.54, 1.807) is 137 Å². The van der Waals surface area contributed by atoms with Gasteiger partial charge in [-0.1, -0.05) is 169 Å². The maximum atomic E-state index is 15.6. The van der Waals surface area contributed by atoms with Crippen molar-refractivity contribution >= 4 is 117 Å². The van der Waals surface area contributed by atoms with Crippen molar-refractivity contribution in [3.63, 3.8) is 0 Å². The Kier molecular flexibility index (Phi) is 35.7. The molecule has 12 atom stereocenters. The van der Waals surface area contributed by atoms with Gasteiger partial charge < -0.3 is 92.9 Å². The minimum atomic E-state index is -1.86. The Labute approximate surface area is 737 Å². The summed E-state index contributed by atoms with van der Waals surface area (Å²) in [5.74, 6) is -16.0. The minimum absolute atomic E-state index is 0.0412. The fraction of sp³-hybridized carbons (Fsp3) is 0.473. The van der Waals surface area contributed by atoms with Crippen molar-refractivity contribution < 1.29 is 86.9 Å². The number of carbonyl (C=O) groups is 16. The molecule has 1 aromatic heterocycles. The molecular weight excluding hydrogens is 1640 g/mol. The number of aliphatic carboxylic acids is 1. The van der Waals surface area contributed by atoms with E-state index in [0.717, 1.165) is 21.6 Å². The number of hydrogen-bond donors (Lipinski definition) is 12. The van der Waals surface area contributed by atoms with Crippen LogP contribution in [0.4, 0.5) is 0 Å². The first-order valence-electron chi connectivity index (χ1n) is 42.7. The highest BCUT2D eigenvalue weighted by Gasteiger charge is 2.47. The molecule has 676 valence electrons. The Hall–Kier alpha value is -12.7. The molecule has 1 unspecified atom stereocenters. The Bertz CT molecular complexity index is 4850. The lowest BCUT2D eigenvalue weighted by molar-refractivity contribution is -0.152. The van der Waals surface area contributed by atoms with Gasteiger partial charge in [-0.3, -0.25) is 76.7 Å². The van der Waals surface area contributed by atoms with Crippen LogP contribution in [0.15, 0.2) is 146 Å². The Morgan fingerprint density at radius 1 is 0.508 bits per heavy atom. The number of hydrogen-bond acceptors (Lipinski definition) is 18. The molecule has 0 saturated carbocycles. The summed E-state index contributed by atoms with van der Waals surface area (Å²) in [6, 6.07) is 21.8. The van der Waals surface area contributed by atoms with Gasteiger partial charge in [0.05, 0.1) is 25.3 Å². The molecule has 0 aliphatic carbocycles. The largest absolute Gasteiger partial charge is 0.508 e. The molecule has 34 nitrogen and oxygen atoms in total. The second kappa shape index (κ2) is 46.3. The smallest absolute Gasteiger partial charge is 0.305 e. The van der Waals surface area contributed by atoms with E-state index in [0.29, 0.717) is 64.4 Å². The lowest BCUT2D eigenvalue weighted by Gasteiger charge is -2.37. The molecule has 3 aliphatic rings. The number of nitrogens with two attached hydrogens (primary N) is 1. The van der Waals surface area contributed by atoms with Crippen LogP contribution in [0.25, 0.3) is 10.9 Å². The lowest BCUT2D eigenvalue weighted by atomic mass is 9.98. The van der Waals surface area contributed by atoms with Crippen LogP contribution in [0, 0.1) is 11.8 Å². The number of unbranched alkanes of at least 4 members (excludes halogenated alkanes) is 1. The maximum absolute atomic E-state index is 15.6. The van der Waals surface area contributed by atoms with Gasteiger partial charge in [0.2, 0.25) is 88.6 Å². The summed E-state index contributed by atoms with van der Waals surface area (Å²) in [6.07, 6.45) is 1.67. The van der Waals surface area contributed by atoms with Crippen molar-refractivity contribution in [2.24, 2.45) is 17.6 Å². The van der Waals surface area contributed by atoms with E-state index in [9.17, 15) is 48.6 Å². The zero-order chi connectivity index (χ0) is 91.6. The van der Waals surface area contributed by atoms with Gasteiger partial charge in [0, 0.05) is 96.2 Å². The zero-order valence-electron chi connectivity index (χ0n) is 72.7. The number of primary amides is 1. The summed E-state index contributed by atoms with van der Waals surface area (Å²) < 4.78 is 0. The lowest BCUT2D eigenvalue weighted by Crippen LogP contribution is -2.61. The van der Waals surface area contributed by atoms with Crippen molar-refractivity contribution in [1.29, 1.82) is 0 Å². The average Bonchev–Trinajstić information content (AvgIpc) is 1.61. The average molecular weight is 1760 g/mol. The van der Waals surface area contributed by atoms with Gasteiger partial charge >= 0.3 is 5.97 Å². The summed E-state index contributed by atoms with van der Waals surface area (Å²) >= 11 is 0.845. The van der Waals surface area contributed by atoms with E-state index in [2.05, 4.69) is 47.5 Å². The number of phenols is 1. The first-order chi connectivity index (χ1) is 60.1. The molecule has 0 bridgehead atoms. The van der Waals surface area contributed by atoms with Crippen LogP contribution in [0.1, 0.15) is 120 Å². The molecule has 3 saturated heterocycles. The van der Waals surface area contributed by atoms with Crippen molar-refractivity contribution in [1.82, 2.24) is 76.9 Å². The third-order valence-corrected chi connectivity index (χ3v) is 24.0. The van der Waals surface area contributed by atoms with E-state index in [-0.39, 0.29) is 88.3 Å². The van der Waals surface area contributed by atoms with Crippen LogP contribution < -0.4 is 48.3 Å². The number of fused-ring (bicyclic) bond motifs is 3. The van der Waals surface area contributed by atoms with E-state index >= 15 is 38.4 Å². The molecule has 3 aliphatic heterocycles. The highest BCUT2D eigenvalue weighted by molar-refractivity contribution is 8.00. The number of carboxylic acids is 1. The molecule has 6 aromatic rings. The van der Waals surface area contributed by atoms with Gasteiger partial charge in [0.1, 0.15) is 78.3 Å². The van der Waals surface area contributed by atoms with Gasteiger partial charge in [-0.2, -0.15) is 0 Å². The number of aromatic hydroxyl groups is 1. The SMILES string of the molecule is CCCC[C@H]1C(=O)N(C)CC(=O)NC(CC(=O)O)C(=O)N[C@@H](C(C)C)C(=O)N(C)[C@@H](Cc2ccccc2)C(=O)N2CCC[C@H]2C(=O)N2CCC[C@@H]2C(=O)N[C@@H](Cc2c[nH]c3ccccc23)C(=O)N[C@@H](Cc2ccc(O)cc2)C(=O)N[C@@H](CC(C)C)C(=O)N[C@H](C(=O)NCC(N)=O)CSCC(=O)N[C@@H](Cc2ccccc2)C(=O)N(C)[C@@H](Cc2ccccc2)C(=O)N1C. The Morgan fingerprint density at radius 3 is 1.60 bits per heavy atom. The molecule has 13 N–H and O–H groups in total.